The number of aromatic hydroxyl groups is 2. The molecule has 0 saturated carbocycles. The molecule has 24 heavy (non-hydrogen) atoms. The molecule has 0 aliphatic rings. The Labute approximate surface area is 143 Å². The summed E-state index contributed by atoms with van der Waals surface area (Å²) in [7, 11) is 0. The highest BCUT2D eigenvalue weighted by atomic mass is 32.1. The lowest BCUT2D eigenvalue weighted by molar-refractivity contribution is 0.0951. The minimum absolute atomic E-state index is 0.144. The standard InChI is InChI=1S/C18H16N2O3S/c1-11-2-4-12(5-3-11)18(23)19-9-17-20-14(10-24-17)13-6-7-15(21)16(22)8-13/h2-8,10,21-22H,9H2,1H3,(H,19,23). The van der Waals surface area contributed by atoms with Crippen LogP contribution in [0, 0.1) is 6.92 Å². The highest BCUT2D eigenvalue weighted by Crippen LogP contribution is 2.30. The average Bonchev–Trinajstić information content (AvgIpc) is 3.05. The first kappa shape index (κ1) is 16.0. The number of hydrogen-bond acceptors (Lipinski definition) is 5. The average molecular weight is 340 g/mol. The number of benzene rings is 2. The van der Waals surface area contributed by atoms with Crippen molar-refractivity contribution in [2.45, 2.75) is 13.5 Å². The number of carbonyl (C=O) groups excluding carboxylic acids is 1. The molecule has 2 aromatic carbocycles. The Morgan fingerprint density at radius 1 is 1.12 bits per heavy atom. The van der Waals surface area contributed by atoms with Gasteiger partial charge in [-0.3, -0.25) is 4.79 Å². The van der Waals surface area contributed by atoms with Gasteiger partial charge in [-0.2, -0.15) is 0 Å². The van der Waals surface area contributed by atoms with Gasteiger partial charge in [0.05, 0.1) is 12.2 Å². The Hall–Kier alpha value is -2.86. The highest BCUT2D eigenvalue weighted by molar-refractivity contribution is 7.09. The SMILES string of the molecule is Cc1ccc(C(=O)NCc2nc(-c3ccc(O)c(O)c3)cs2)cc1. The summed E-state index contributed by atoms with van der Waals surface area (Å²) >= 11 is 1.42. The third-order valence-corrected chi connectivity index (χ3v) is 4.39. The van der Waals surface area contributed by atoms with E-state index >= 15 is 0 Å². The van der Waals surface area contributed by atoms with E-state index in [1.54, 1.807) is 18.2 Å². The summed E-state index contributed by atoms with van der Waals surface area (Å²) in [4.78, 5) is 16.5. The molecule has 3 N–H and O–H groups in total. The van der Waals surface area contributed by atoms with Crippen molar-refractivity contribution in [3.05, 3.63) is 64.0 Å². The molecular weight excluding hydrogens is 324 g/mol. The summed E-state index contributed by atoms with van der Waals surface area (Å²) in [6.45, 7) is 2.31. The third kappa shape index (κ3) is 3.55. The van der Waals surface area contributed by atoms with Gasteiger partial charge in [0.1, 0.15) is 5.01 Å². The van der Waals surface area contributed by atoms with Crippen LogP contribution in [0.25, 0.3) is 11.3 Å². The number of carbonyl (C=O) groups is 1. The van der Waals surface area contributed by atoms with Crippen molar-refractivity contribution in [3.63, 3.8) is 0 Å². The summed E-state index contributed by atoms with van der Waals surface area (Å²) in [6.07, 6.45) is 0. The number of rotatable bonds is 4. The normalized spacial score (nSPS) is 10.5. The zero-order valence-corrected chi connectivity index (χ0v) is 13.8. The van der Waals surface area contributed by atoms with Gasteiger partial charge >= 0.3 is 0 Å². The van der Waals surface area contributed by atoms with Crippen LogP contribution in [0.3, 0.4) is 0 Å². The quantitative estimate of drug-likeness (QED) is 0.635. The van der Waals surface area contributed by atoms with Crippen LogP contribution >= 0.6 is 11.3 Å². The second-order valence-electron chi connectivity index (χ2n) is 5.38. The van der Waals surface area contributed by atoms with Crippen LogP contribution in [0.4, 0.5) is 0 Å². The smallest absolute Gasteiger partial charge is 0.251 e. The molecule has 1 heterocycles. The zero-order chi connectivity index (χ0) is 17.1. The molecule has 1 aromatic heterocycles. The Balaban J connectivity index is 1.66. The molecule has 3 aromatic rings. The monoisotopic (exact) mass is 340 g/mol. The first-order valence-corrected chi connectivity index (χ1v) is 8.22. The summed E-state index contributed by atoms with van der Waals surface area (Å²) in [6, 6.07) is 11.9. The van der Waals surface area contributed by atoms with E-state index in [-0.39, 0.29) is 17.4 Å². The fraction of sp³-hybridized carbons (Fsp3) is 0.111. The van der Waals surface area contributed by atoms with Crippen molar-refractivity contribution in [2.75, 3.05) is 0 Å². The van der Waals surface area contributed by atoms with E-state index in [2.05, 4.69) is 10.3 Å². The van der Waals surface area contributed by atoms with Gasteiger partial charge in [0, 0.05) is 16.5 Å². The molecule has 0 atom stereocenters. The fourth-order valence-corrected chi connectivity index (χ4v) is 2.91. The van der Waals surface area contributed by atoms with Gasteiger partial charge in [-0.25, -0.2) is 4.98 Å². The number of hydrogen-bond donors (Lipinski definition) is 3. The Bertz CT molecular complexity index is 872. The number of thiazole rings is 1. The highest BCUT2D eigenvalue weighted by Gasteiger charge is 2.09. The first-order chi connectivity index (χ1) is 11.5. The molecule has 0 aliphatic heterocycles. The van der Waals surface area contributed by atoms with E-state index in [0.717, 1.165) is 10.6 Å². The van der Waals surface area contributed by atoms with Crippen molar-refractivity contribution in [3.8, 4) is 22.8 Å². The maximum atomic E-state index is 12.1. The fourth-order valence-electron chi connectivity index (χ4n) is 2.17. The van der Waals surface area contributed by atoms with Gasteiger partial charge in [0.15, 0.2) is 11.5 Å². The Morgan fingerprint density at radius 3 is 2.58 bits per heavy atom. The number of nitrogens with one attached hydrogen (secondary N) is 1. The van der Waals surface area contributed by atoms with Crippen molar-refractivity contribution >= 4 is 17.2 Å². The van der Waals surface area contributed by atoms with Crippen molar-refractivity contribution in [1.29, 1.82) is 0 Å². The minimum Gasteiger partial charge on any atom is -0.504 e. The number of aryl methyl sites for hydroxylation is 1. The van der Waals surface area contributed by atoms with E-state index in [4.69, 9.17) is 0 Å². The van der Waals surface area contributed by atoms with Crippen molar-refractivity contribution in [1.82, 2.24) is 10.3 Å². The molecule has 0 saturated heterocycles. The molecule has 5 nitrogen and oxygen atoms in total. The number of amides is 1. The molecule has 3 rings (SSSR count). The second-order valence-corrected chi connectivity index (χ2v) is 6.32. The van der Waals surface area contributed by atoms with Gasteiger partial charge in [-0.1, -0.05) is 17.7 Å². The molecule has 1 amide bonds. The summed E-state index contributed by atoms with van der Waals surface area (Å²) in [5.74, 6) is -0.497. The van der Waals surface area contributed by atoms with E-state index in [0.29, 0.717) is 23.4 Å². The van der Waals surface area contributed by atoms with Crippen molar-refractivity contribution < 1.29 is 15.0 Å². The van der Waals surface area contributed by atoms with Crippen LogP contribution in [0.5, 0.6) is 11.5 Å². The molecule has 0 aliphatic carbocycles. The van der Waals surface area contributed by atoms with Crippen LogP contribution in [-0.2, 0) is 6.54 Å². The summed E-state index contributed by atoms with van der Waals surface area (Å²) < 4.78 is 0. The van der Waals surface area contributed by atoms with Gasteiger partial charge in [-0.05, 0) is 37.3 Å². The molecule has 0 spiro atoms. The van der Waals surface area contributed by atoms with E-state index < -0.39 is 0 Å². The topological polar surface area (TPSA) is 82.5 Å². The largest absolute Gasteiger partial charge is 0.504 e. The number of aromatic nitrogens is 1. The Kier molecular flexibility index (Phi) is 4.48. The van der Waals surface area contributed by atoms with Crippen LogP contribution < -0.4 is 5.32 Å². The maximum absolute atomic E-state index is 12.1. The van der Waals surface area contributed by atoms with Crippen LogP contribution in [-0.4, -0.2) is 21.1 Å². The van der Waals surface area contributed by atoms with Crippen LogP contribution in [0.1, 0.15) is 20.9 Å². The number of nitrogens with zero attached hydrogens (tertiary/aromatic N) is 1. The maximum Gasteiger partial charge on any atom is 0.251 e. The van der Waals surface area contributed by atoms with Gasteiger partial charge in [-0.15, -0.1) is 11.3 Å². The van der Waals surface area contributed by atoms with E-state index in [1.807, 2.05) is 24.4 Å². The van der Waals surface area contributed by atoms with Gasteiger partial charge in [0.25, 0.3) is 5.91 Å². The van der Waals surface area contributed by atoms with Gasteiger partial charge < -0.3 is 15.5 Å². The predicted molar refractivity (Wildman–Crippen MR) is 93.2 cm³/mol. The lowest BCUT2D eigenvalue weighted by atomic mass is 10.1. The summed E-state index contributed by atoms with van der Waals surface area (Å²) in [5, 5.41) is 24.4. The molecule has 0 bridgehead atoms. The van der Waals surface area contributed by atoms with E-state index in [9.17, 15) is 15.0 Å². The Morgan fingerprint density at radius 2 is 1.88 bits per heavy atom. The minimum atomic E-state index is -0.185. The number of phenols is 2. The lowest BCUT2D eigenvalue weighted by Gasteiger charge is -2.03. The molecule has 0 radical (unpaired) electrons. The van der Waals surface area contributed by atoms with Crippen LogP contribution in [0.2, 0.25) is 0 Å². The second kappa shape index (κ2) is 6.72. The molecule has 0 fully saturated rings. The lowest BCUT2D eigenvalue weighted by Crippen LogP contribution is -2.22. The van der Waals surface area contributed by atoms with E-state index in [1.165, 1.54) is 23.5 Å². The molecule has 122 valence electrons. The molecule has 6 heteroatoms. The third-order valence-electron chi connectivity index (χ3n) is 3.54. The van der Waals surface area contributed by atoms with Crippen molar-refractivity contribution in [2.24, 2.45) is 0 Å². The van der Waals surface area contributed by atoms with Gasteiger partial charge in [0.2, 0.25) is 0 Å². The first-order valence-electron chi connectivity index (χ1n) is 7.34. The number of phenolic OH excluding ortho intramolecular Hbond substituents is 2. The molecule has 0 unspecified atom stereocenters. The van der Waals surface area contributed by atoms with Crippen LogP contribution in [0.15, 0.2) is 47.8 Å². The predicted octanol–water partition coefficient (Wildman–Crippen LogP) is 3.46. The molecular formula is C18H16N2O3S. The summed E-state index contributed by atoms with van der Waals surface area (Å²) in [5.41, 5.74) is 3.11. The zero-order valence-electron chi connectivity index (χ0n) is 13.0.